The van der Waals surface area contributed by atoms with Crippen molar-refractivity contribution >= 4 is 39.1 Å². The van der Waals surface area contributed by atoms with Crippen LogP contribution in [0.25, 0.3) is 0 Å². The van der Waals surface area contributed by atoms with E-state index in [4.69, 9.17) is 16.3 Å². The van der Waals surface area contributed by atoms with Crippen LogP contribution in [-0.2, 0) is 26.2 Å². The molecule has 0 unspecified atom stereocenters. The van der Waals surface area contributed by atoms with Crippen molar-refractivity contribution in [1.82, 2.24) is 10.2 Å². The summed E-state index contributed by atoms with van der Waals surface area (Å²) in [6.45, 7) is 8.55. The van der Waals surface area contributed by atoms with Crippen LogP contribution in [0.1, 0.15) is 38.8 Å². The number of halogens is 1. The first-order valence-electron chi connectivity index (χ1n) is 12.8. The van der Waals surface area contributed by atoms with E-state index in [9.17, 15) is 18.0 Å². The smallest absolute Gasteiger partial charge is 0.264 e. The van der Waals surface area contributed by atoms with E-state index in [0.29, 0.717) is 16.3 Å². The second-order valence-electron chi connectivity index (χ2n) is 10.6. The Bertz CT molecular complexity index is 1440. The molecule has 214 valence electrons. The minimum atomic E-state index is -4.15. The molecule has 0 spiro atoms. The molecular formula is C30H36ClN3O5S. The molecule has 0 radical (unpaired) electrons. The lowest BCUT2D eigenvalue weighted by Gasteiger charge is -2.33. The Morgan fingerprint density at radius 2 is 1.62 bits per heavy atom. The maximum absolute atomic E-state index is 14.0. The summed E-state index contributed by atoms with van der Waals surface area (Å²) in [6.07, 6.45) is 0. The van der Waals surface area contributed by atoms with E-state index in [1.807, 2.05) is 27.7 Å². The molecule has 10 heteroatoms. The number of carbonyl (C=O) groups is 2. The lowest BCUT2D eigenvalue weighted by Crippen LogP contribution is -2.54. The van der Waals surface area contributed by atoms with E-state index < -0.39 is 34.1 Å². The van der Waals surface area contributed by atoms with Crippen molar-refractivity contribution in [2.24, 2.45) is 0 Å². The molecule has 0 aliphatic heterocycles. The van der Waals surface area contributed by atoms with Gasteiger partial charge in [-0.3, -0.25) is 13.9 Å². The average Bonchev–Trinajstić information content (AvgIpc) is 2.89. The van der Waals surface area contributed by atoms with Gasteiger partial charge in [-0.25, -0.2) is 8.42 Å². The molecule has 0 fully saturated rings. The zero-order valence-electron chi connectivity index (χ0n) is 23.6. The molecule has 0 saturated heterocycles. The number of anilines is 1. The van der Waals surface area contributed by atoms with Gasteiger partial charge in [0.2, 0.25) is 11.8 Å². The van der Waals surface area contributed by atoms with E-state index in [1.54, 1.807) is 67.6 Å². The van der Waals surface area contributed by atoms with Gasteiger partial charge in [0.1, 0.15) is 18.3 Å². The van der Waals surface area contributed by atoms with Crippen LogP contribution in [0.2, 0.25) is 5.02 Å². The van der Waals surface area contributed by atoms with Gasteiger partial charge in [-0.2, -0.15) is 0 Å². The van der Waals surface area contributed by atoms with E-state index in [0.717, 1.165) is 9.87 Å². The third-order valence-corrected chi connectivity index (χ3v) is 8.18. The summed E-state index contributed by atoms with van der Waals surface area (Å²) < 4.78 is 34.0. The second-order valence-corrected chi connectivity index (χ2v) is 12.9. The van der Waals surface area contributed by atoms with Crippen LogP contribution in [0.5, 0.6) is 5.75 Å². The molecular weight excluding hydrogens is 550 g/mol. The summed E-state index contributed by atoms with van der Waals surface area (Å²) in [6, 6.07) is 18.9. The van der Waals surface area contributed by atoms with Gasteiger partial charge in [0.15, 0.2) is 0 Å². The predicted molar refractivity (Wildman–Crippen MR) is 158 cm³/mol. The summed E-state index contributed by atoms with van der Waals surface area (Å²) in [5, 5.41) is 3.39. The first-order chi connectivity index (χ1) is 18.7. The first-order valence-corrected chi connectivity index (χ1v) is 14.6. The molecule has 8 nitrogen and oxygen atoms in total. The second kappa shape index (κ2) is 12.7. The molecule has 0 aliphatic carbocycles. The van der Waals surface area contributed by atoms with Gasteiger partial charge in [-0.1, -0.05) is 41.4 Å². The van der Waals surface area contributed by atoms with Crippen LogP contribution < -0.4 is 14.4 Å². The standard InChI is InChI=1S/C30H36ClN3O5S/c1-21-10-16-27(17-11-21)40(37,38)34(25-12-14-26(39-6)15-13-25)20-28(35)33(19-23-8-7-9-24(31)18-23)22(2)29(36)32-30(3,4)5/h7-18,22H,19-20H2,1-6H3,(H,32,36)/t22-/m1/s1. The van der Waals surface area contributed by atoms with Gasteiger partial charge < -0.3 is 15.0 Å². The highest BCUT2D eigenvalue weighted by Gasteiger charge is 2.33. The minimum Gasteiger partial charge on any atom is -0.497 e. The highest BCUT2D eigenvalue weighted by molar-refractivity contribution is 7.92. The number of sulfonamides is 1. The molecule has 3 aromatic carbocycles. The van der Waals surface area contributed by atoms with Gasteiger partial charge >= 0.3 is 0 Å². The van der Waals surface area contributed by atoms with Crippen molar-refractivity contribution in [3.63, 3.8) is 0 Å². The van der Waals surface area contributed by atoms with Gasteiger partial charge in [0.05, 0.1) is 17.7 Å². The van der Waals surface area contributed by atoms with Crippen molar-refractivity contribution in [3.8, 4) is 5.75 Å². The molecule has 2 amide bonds. The van der Waals surface area contributed by atoms with Crippen LogP contribution in [0, 0.1) is 6.92 Å². The number of methoxy groups -OCH3 is 1. The van der Waals surface area contributed by atoms with Crippen molar-refractivity contribution in [3.05, 3.63) is 88.9 Å². The van der Waals surface area contributed by atoms with Gasteiger partial charge in [0, 0.05) is 17.1 Å². The summed E-state index contributed by atoms with van der Waals surface area (Å²) in [5.74, 6) is -0.374. The number of carbonyl (C=O) groups excluding carboxylic acids is 2. The van der Waals surface area contributed by atoms with E-state index in [-0.39, 0.29) is 23.0 Å². The predicted octanol–water partition coefficient (Wildman–Crippen LogP) is 5.18. The Labute approximate surface area is 241 Å². The van der Waals surface area contributed by atoms with Crippen molar-refractivity contribution in [1.29, 1.82) is 0 Å². The first kappa shape index (κ1) is 31.0. The number of nitrogens with zero attached hydrogens (tertiary/aromatic N) is 2. The SMILES string of the molecule is COc1ccc(N(CC(=O)N(Cc2cccc(Cl)c2)[C@H](C)C(=O)NC(C)(C)C)S(=O)(=O)c2ccc(C)cc2)cc1. The fourth-order valence-electron chi connectivity index (χ4n) is 4.00. The highest BCUT2D eigenvalue weighted by Crippen LogP contribution is 2.27. The molecule has 0 saturated carbocycles. The fraction of sp³-hybridized carbons (Fsp3) is 0.333. The Morgan fingerprint density at radius 3 is 2.17 bits per heavy atom. The van der Waals surface area contributed by atoms with Crippen molar-refractivity contribution in [2.75, 3.05) is 18.0 Å². The molecule has 3 aromatic rings. The Hall–Kier alpha value is -3.56. The monoisotopic (exact) mass is 585 g/mol. The molecule has 1 atom stereocenters. The summed E-state index contributed by atoms with van der Waals surface area (Å²) in [7, 11) is -2.64. The number of ether oxygens (including phenoxy) is 1. The molecule has 0 heterocycles. The van der Waals surface area contributed by atoms with Crippen LogP contribution in [0.4, 0.5) is 5.69 Å². The van der Waals surface area contributed by atoms with Gasteiger partial charge in [0.25, 0.3) is 10.0 Å². The topological polar surface area (TPSA) is 96.0 Å². The zero-order valence-corrected chi connectivity index (χ0v) is 25.2. The van der Waals surface area contributed by atoms with Crippen LogP contribution in [-0.4, -0.2) is 50.4 Å². The summed E-state index contributed by atoms with van der Waals surface area (Å²) in [5.41, 5.74) is 1.36. The minimum absolute atomic E-state index is 0.0432. The normalized spacial score (nSPS) is 12.4. The molecule has 3 rings (SSSR count). The van der Waals surface area contributed by atoms with E-state index >= 15 is 0 Å². The average molecular weight is 586 g/mol. The lowest BCUT2D eigenvalue weighted by molar-refractivity contribution is -0.140. The van der Waals surface area contributed by atoms with Crippen molar-refractivity contribution in [2.45, 2.75) is 57.6 Å². The fourth-order valence-corrected chi connectivity index (χ4v) is 5.63. The van der Waals surface area contributed by atoms with Gasteiger partial charge in [-0.15, -0.1) is 0 Å². The summed E-state index contributed by atoms with van der Waals surface area (Å²) >= 11 is 6.18. The molecule has 0 aliphatic rings. The molecule has 0 aromatic heterocycles. The molecule has 1 N–H and O–H groups in total. The maximum Gasteiger partial charge on any atom is 0.264 e. The zero-order chi connectivity index (χ0) is 29.7. The Morgan fingerprint density at radius 1 is 1.00 bits per heavy atom. The lowest BCUT2D eigenvalue weighted by atomic mass is 10.1. The van der Waals surface area contributed by atoms with Crippen LogP contribution in [0.15, 0.2) is 77.7 Å². The maximum atomic E-state index is 14.0. The highest BCUT2D eigenvalue weighted by atomic mass is 35.5. The van der Waals surface area contributed by atoms with Gasteiger partial charge in [-0.05, 0) is 88.7 Å². The Kier molecular flexibility index (Phi) is 9.87. The number of hydrogen-bond donors (Lipinski definition) is 1. The van der Waals surface area contributed by atoms with Crippen LogP contribution >= 0.6 is 11.6 Å². The largest absolute Gasteiger partial charge is 0.497 e. The summed E-state index contributed by atoms with van der Waals surface area (Å²) in [4.78, 5) is 28.5. The number of aryl methyl sites for hydroxylation is 1. The third kappa shape index (κ3) is 7.99. The molecule has 0 bridgehead atoms. The van der Waals surface area contributed by atoms with E-state index in [2.05, 4.69) is 5.32 Å². The number of benzene rings is 3. The number of nitrogens with one attached hydrogen (secondary N) is 1. The molecule has 40 heavy (non-hydrogen) atoms. The number of hydrogen-bond acceptors (Lipinski definition) is 5. The third-order valence-electron chi connectivity index (χ3n) is 6.16. The quantitative estimate of drug-likeness (QED) is 0.353. The van der Waals surface area contributed by atoms with Crippen LogP contribution in [0.3, 0.4) is 0 Å². The van der Waals surface area contributed by atoms with Crippen molar-refractivity contribution < 1.29 is 22.7 Å². The number of rotatable bonds is 10. The number of amides is 2. The Balaban J connectivity index is 2.04. The van der Waals surface area contributed by atoms with E-state index in [1.165, 1.54) is 24.1 Å².